The molecule has 2 rings (SSSR count). The van der Waals surface area contributed by atoms with Crippen molar-refractivity contribution < 1.29 is 4.74 Å². The Bertz CT molecular complexity index is 352. The minimum absolute atomic E-state index is 0.215. The molecule has 0 radical (unpaired) electrons. The van der Waals surface area contributed by atoms with Crippen molar-refractivity contribution in [2.45, 2.75) is 27.2 Å². The van der Waals surface area contributed by atoms with Gasteiger partial charge in [-0.3, -0.25) is 0 Å². The summed E-state index contributed by atoms with van der Waals surface area (Å²) in [6, 6.07) is 6.33. The van der Waals surface area contributed by atoms with Crippen LogP contribution in [-0.4, -0.2) is 13.2 Å². The summed E-state index contributed by atoms with van der Waals surface area (Å²) >= 11 is 0. The number of hydrogen-bond acceptors (Lipinski definition) is 2. The Balaban J connectivity index is 2.04. The Hall–Kier alpha value is -1.18. The summed E-state index contributed by atoms with van der Waals surface area (Å²) in [5.41, 5.74) is 2.85. The molecule has 0 unspecified atom stereocenters. The number of rotatable bonds is 2. The van der Waals surface area contributed by atoms with E-state index in [0.717, 1.165) is 25.3 Å². The second-order valence-electron chi connectivity index (χ2n) is 5.35. The van der Waals surface area contributed by atoms with Gasteiger partial charge in [0.25, 0.3) is 0 Å². The fourth-order valence-electron chi connectivity index (χ4n) is 1.66. The maximum Gasteiger partial charge on any atom is 0.121 e. The molecule has 1 N–H and O–H groups in total. The van der Waals surface area contributed by atoms with Gasteiger partial charge in [-0.2, -0.15) is 0 Å². The first-order chi connectivity index (χ1) is 7.04. The molecule has 0 aliphatic carbocycles. The first kappa shape index (κ1) is 10.3. The maximum atomic E-state index is 5.76. The van der Waals surface area contributed by atoms with Gasteiger partial charge in [-0.1, -0.05) is 26.8 Å². The zero-order valence-electron chi connectivity index (χ0n) is 9.76. The lowest BCUT2D eigenvalue weighted by atomic mass is 9.99. The van der Waals surface area contributed by atoms with Crippen LogP contribution in [0.15, 0.2) is 18.2 Å². The van der Waals surface area contributed by atoms with Crippen molar-refractivity contribution in [3.63, 3.8) is 0 Å². The van der Waals surface area contributed by atoms with E-state index in [2.05, 4.69) is 44.3 Å². The third-order valence-corrected chi connectivity index (χ3v) is 2.46. The topological polar surface area (TPSA) is 21.3 Å². The van der Waals surface area contributed by atoms with Gasteiger partial charge in [0.05, 0.1) is 6.61 Å². The van der Waals surface area contributed by atoms with Gasteiger partial charge in [0.15, 0.2) is 0 Å². The molecule has 1 heterocycles. The zero-order chi connectivity index (χ0) is 10.9. The van der Waals surface area contributed by atoms with Crippen molar-refractivity contribution in [2.24, 2.45) is 5.41 Å². The Morgan fingerprint density at radius 3 is 2.87 bits per heavy atom. The molecule has 1 aromatic carbocycles. The summed E-state index contributed by atoms with van der Waals surface area (Å²) in [6.45, 7) is 8.35. The molecule has 2 nitrogen and oxygen atoms in total. The van der Waals surface area contributed by atoms with E-state index in [0.29, 0.717) is 0 Å². The van der Waals surface area contributed by atoms with Gasteiger partial charge < -0.3 is 10.1 Å². The number of fused-ring (bicyclic) bond motifs is 1. The first-order valence-electron chi connectivity index (χ1n) is 5.54. The van der Waals surface area contributed by atoms with Crippen LogP contribution in [0.25, 0.3) is 0 Å². The quantitative estimate of drug-likeness (QED) is 0.801. The van der Waals surface area contributed by atoms with E-state index in [1.54, 1.807) is 0 Å². The van der Waals surface area contributed by atoms with Crippen LogP contribution < -0.4 is 10.1 Å². The minimum Gasteiger partial charge on any atom is -0.493 e. The second-order valence-corrected chi connectivity index (χ2v) is 5.35. The monoisotopic (exact) mass is 205 g/mol. The highest BCUT2D eigenvalue weighted by atomic mass is 16.5. The lowest BCUT2D eigenvalue weighted by molar-refractivity contribution is 0.198. The van der Waals surface area contributed by atoms with Crippen LogP contribution in [0.3, 0.4) is 0 Å². The lowest BCUT2D eigenvalue weighted by Gasteiger charge is -2.19. The third kappa shape index (κ3) is 2.65. The van der Waals surface area contributed by atoms with Gasteiger partial charge in [0, 0.05) is 18.3 Å². The summed E-state index contributed by atoms with van der Waals surface area (Å²) in [7, 11) is 0. The fraction of sp³-hybridized carbons (Fsp3) is 0.538. The highest BCUT2D eigenvalue weighted by Gasteiger charge is 2.13. The van der Waals surface area contributed by atoms with Crippen molar-refractivity contribution in [2.75, 3.05) is 18.5 Å². The summed E-state index contributed by atoms with van der Waals surface area (Å²) in [5, 5.41) is 3.36. The van der Waals surface area contributed by atoms with Gasteiger partial charge in [-0.25, -0.2) is 0 Å². The van der Waals surface area contributed by atoms with Crippen LogP contribution in [0.1, 0.15) is 26.3 Å². The van der Waals surface area contributed by atoms with Gasteiger partial charge in [0.2, 0.25) is 0 Å². The predicted octanol–water partition coefficient (Wildman–Crippen LogP) is 3.08. The molecule has 0 saturated carbocycles. The van der Waals surface area contributed by atoms with Crippen LogP contribution >= 0.6 is 0 Å². The zero-order valence-corrected chi connectivity index (χ0v) is 9.76. The molecule has 15 heavy (non-hydrogen) atoms. The summed E-state index contributed by atoms with van der Waals surface area (Å²) in [4.78, 5) is 0. The normalized spacial score (nSPS) is 14.6. The highest BCUT2D eigenvalue weighted by molar-refractivity contribution is 5.58. The van der Waals surface area contributed by atoms with E-state index in [-0.39, 0.29) is 5.41 Å². The van der Waals surface area contributed by atoms with E-state index >= 15 is 0 Å². The van der Waals surface area contributed by atoms with Crippen LogP contribution in [0.5, 0.6) is 5.75 Å². The molecule has 1 aromatic rings. The molecule has 0 saturated heterocycles. The Labute approximate surface area is 91.6 Å². The average molecular weight is 205 g/mol. The molecule has 0 atom stereocenters. The predicted molar refractivity (Wildman–Crippen MR) is 63.6 cm³/mol. The van der Waals surface area contributed by atoms with Crippen molar-refractivity contribution in [3.8, 4) is 5.75 Å². The summed E-state index contributed by atoms with van der Waals surface area (Å²) < 4.78 is 5.76. The van der Waals surface area contributed by atoms with Crippen LogP contribution in [0, 0.1) is 5.41 Å². The van der Waals surface area contributed by atoms with Gasteiger partial charge in [-0.05, 0) is 23.5 Å². The largest absolute Gasteiger partial charge is 0.493 e. The van der Waals surface area contributed by atoms with Crippen molar-refractivity contribution in [3.05, 3.63) is 23.8 Å². The van der Waals surface area contributed by atoms with E-state index in [4.69, 9.17) is 4.74 Å². The van der Waals surface area contributed by atoms with Crippen molar-refractivity contribution in [1.29, 1.82) is 0 Å². The molecule has 2 heteroatoms. The number of anilines is 1. The molecule has 82 valence electrons. The standard InChI is InChI=1S/C13H19NO/c1-13(2,3)9-15-11-5-4-10-6-7-14-12(10)8-11/h4-5,8,14H,6-7,9H2,1-3H3. The molecule has 0 amide bonds. The number of hydrogen-bond donors (Lipinski definition) is 1. The SMILES string of the molecule is CC(C)(C)COc1ccc2c(c1)NCC2. The molecular formula is C13H19NO. The summed E-state index contributed by atoms with van der Waals surface area (Å²) in [5.74, 6) is 0.970. The van der Waals surface area contributed by atoms with Crippen LogP contribution in [-0.2, 0) is 6.42 Å². The minimum atomic E-state index is 0.215. The third-order valence-electron chi connectivity index (χ3n) is 2.46. The Kier molecular flexibility index (Phi) is 2.59. The van der Waals surface area contributed by atoms with Crippen molar-refractivity contribution >= 4 is 5.69 Å². The van der Waals surface area contributed by atoms with Gasteiger partial charge in [0.1, 0.15) is 5.75 Å². The molecule has 1 aliphatic heterocycles. The average Bonchev–Trinajstić information content (AvgIpc) is 2.60. The van der Waals surface area contributed by atoms with Gasteiger partial charge in [-0.15, -0.1) is 0 Å². The molecule has 0 fully saturated rings. The van der Waals surface area contributed by atoms with Gasteiger partial charge >= 0.3 is 0 Å². The van der Waals surface area contributed by atoms with Crippen LogP contribution in [0.2, 0.25) is 0 Å². The maximum absolute atomic E-state index is 5.76. The number of ether oxygens (including phenoxy) is 1. The van der Waals surface area contributed by atoms with E-state index in [9.17, 15) is 0 Å². The smallest absolute Gasteiger partial charge is 0.121 e. The van der Waals surface area contributed by atoms with Crippen molar-refractivity contribution in [1.82, 2.24) is 0 Å². The summed E-state index contributed by atoms with van der Waals surface area (Å²) in [6.07, 6.45) is 1.13. The van der Waals surface area contributed by atoms with E-state index < -0.39 is 0 Å². The second kappa shape index (κ2) is 3.76. The van der Waals surface area contributed by atoms with E-state index in [1.165, 1.54) is 11.3 Å². The fourth-order valence-corrected chi connectivity index (χ4v) is 1.66. The highest BCUT2D eigenvalue weighted by Crippen LogP contribution is 2.27. The molecule has 1 aliphatic rings. The Morgan fingerprint density at radius 1 is 1.33 bits per heavy atom. The molecule has 0 bridgehead atoms. The Morgan fingerprint density at radius 2 is 2.13 bits per heavy atom. The number of nitrogens with one attached hydrogen (secondary N) is 1. The number of benzene rings is 1. The molecule has 0 aromatic heterocycles. The lowest BCUT2D eigenvalue weighted by Crippen LogP contribution is -2.16. The molecule has 0 spiro atoms. The first-order valence-corrected chi connectivity index (χ1v) is 5.54. The van der Waals surface area contributed by atoms with Crippen LogP contribution in [0.4, 0.5) is 5.69 Å². The van der Waals surface area contributed by atoms with E-state index in [1.807, 2.05) is 0 Å². The molecular weight excluding hydrogens is 186 g/mol.